The maximum Gasteiger partial charge on any atom is 0.287 e. The van der Waals surface area contributed by atoms with Gasteiger partial charge in [0.2, 0.25) is 5.91 Å². The van der Waals surface area contributed by atoms with Gasteiger partial charge < -0.3 is 20.4 Å². The minimum atomic E-state index is -0.804. The van der Waals surface area contributed by atoms with Gasteiger partial charge in [-0.3, -0.25) is 9.59 Å². The number of nitrogens with one attached hydrogen (secondary N) is 3. The summed E-state index contributed by atoms with van der Waals surface area (Å²) < 4.78 is 46.6. The number of hydrogen-bond donors (Lipinski definition) is 3. The summed E-state index contributed by atoms with van der Waals surface area (Å²) in [6, 6.07) is 10.8. The first kappa shape index (κ1) is 27.3. The molecule has 4 rings (SSSR count). The summed E-state index contributed by atoms with van der Waals surface area (Å²) in [5.41, 5.74) is 0.502. The van der Waals surface area contributed by atoms with E-state index in [2.05, 4.69) is 16.0 Å². The molecule has 2 atom stereocenters. The van der Waals surface area contributed by atoms with Crippen LogP contribution in [0.5, 0.6) is 0 Å². The lowest BCUT2D eigenvalue weighted by Crippen LogP contribution is -2.51. The Labute approximate surface area is 220 Å². The maximum atomic E-state index is 13.9. The zero-order chi connectivity index (χ0) is 27.1. The van der Waals surface area contributed by atoms with E-state index >= 15 is 0 Å². The van der Waals surface area contributed by atoms with Crippen molar-refractivity contribution in [3.05, 3.63) is 77.8 Å². The van der Waals surface area contributed by atoms with Gasteiger partial charge in [0.15, 0.2) is 5.76 Å². The topological polar surface area (TPSA) is 83.4 Å². The number of carbonyl (C=O) groups excluding carboxylic acids is 2. The summed E-state index contributed by atoms with van der Waals surface area (Å²) in [5, 5.41) is 8.48. The molecule has 1 fully saturated rings. The van der Waals surface area contributed by atoms with E-state index in [1.54, 1.807) is 25.1 Å². The average molecular weight is 528 g/mol. The molecule has 0 spiro atoms. The molecule has 0 aliphatic heterocycles. The van der Waals surface area contributed by atoms with Crippen molar-refractivity contribution in [3.63, 3.8) is 0 Å². The highest BCUT2D eigenvalue weighted by Gasteiger charge is 2.28. The summed E-state index contributed by atoms with van der Waals surface area (Å²) >= 11 is 0. The number of halogens is 3. The lowest BCUT2D eigenvalue weighted by molar-refractivity contribution is -0.124. The fraction of sp³-hybridized carbons (Fsp3) is 0.379. The molecule has 2 amide bonds. The first-order valence-corrected chi connectivity index (χ1v) is 12.9. The summed E-state index contributed by atoms with van der Waals surface area (Å²) in [7, 11) is 0. The highest BCUT2D eigenvalue weighted by atomic mass is 19.1. The van der Waals surface area contributed by atoms with Crippen LogP contribution in [0.25, 0.3) is 11.3 Å². The van der Waals surface area contributed by atoms with Crippen LogP contribution in [0.15, 0.2) is 59.0 Å². The lowest BCUT2D eigenvalue weighted by atomic mass is 9.84. The normalized spacial score (nSPS) is 15.5. The summed E-state index contributed by atoms with van der Waals surface area (Å²) in [4.78, 5) is 26.3. The van der Waals surface area contributed by atoms with Crippen molar-refractivity contribution in [1.82, 2.24) is 10.6 Å². The van der Waals surface area contributed by atoms with Crippen molar-refractivity contribution in [2.45, 2.75) is 57.5 Å². The van der Waals surface area contributed by atoms with Crippen LogP contribution in [0.2, 0.25) is 0 Å². The average Bonchev–Trinajstić information content (AvgIpc) is 3.40. The quantitative estimate of drug-likeness (QED) is 0.300. The Morgan fingerprint density at radius 1 is 0.947 bits per heavy atom. The number of amides is 2. The van der Waals surface area contributed by atoms with Gasteiger partial charge in [0.25, 0.3) is 5.91 Å². The van der Waals surface area contributed by atoms with Crippen LogP contribution < -0.4 is 16.0 Å². The summed E-state index contributed by atoms with van der Waals surface area (Å²) in [6.07, 6.45) is 5.78. The van der Waals surface area contributed by atoms with E-state index in [1.807, 2.05) is 0 Å². The molecular formula is C29H32F3N3O3. The molecule has 0 saturated heterocycles. The van der Waals surface area contributed by atoms with Crippen molar-refractivity contribution < 1.29 is 27.2 Å². The van der Waals surface area contributed by atoms with E-state index in [-0.39, 0.29) is 23.9 Å². The number of hydrogen-bond acceptors (Lipinski definition) is 4. The molecule has 1 heterocycles. The zero-order valence-electron chi connectivity index (χ0n) is 21.2. The molecule has 9 heteroatoms. The summed E-state index contributed by atoms with van der Waals surface area (Å²) in [6.45, 7) is 1.89. The molecule has 3 aromatic rings. The molecule has 202 valence electrons. The van der Waals surface area contributed by atoms with E-state index in [9.17, 15) is 22.8 Å². The van der Waals surface area contributed by atoms with Gasteiger partial charge in [0, 0.05) is 18.2 Å². The predicted molar refractivity (Wildman–Crippen MR) is 139 cm³/mol. The molecule has 3 N–H and O–H groups in total. The molecule has 0 radical (unpaired) electrons. The van der Waals surface area contributed by atoms with Crippen molar-refractivity contribution in [2.24, 2.45) is 5.92 Å². The van der Waals surface area contributed by atoms with Crippen LogP contribution in [-0.4, -0.2) is 30.4 Å². The van der Waals surface area contributed by atoms with Gasteiger partial charge in [-0.1, -0.05) is 44.2 Å². The maximum absolute atomic E-state index is 13.9. The molecule has 0 bridgehead atoms. The lowest BCUT2D eigenvalue weighted by Gasteiger charge is -2.27. The Hall–Kier alpha value is -3.75. The van der Waals surface area contributed by atoms with Crippen molar-refractivity contribution in [1.29, 1.82) is 0 Å². The van der Waals surface area contributed by atoms with Crippen molar-refractivity contribution >= 4 is 17.5 Å². The Balaban J connectivity index is 1.41. The van der Waals surface area contributed by atoms with E-state index in [1.165, 1.54) is 18.2 Å². The van der Waals surface area contributed by atoms with Gasteiger partial charge in [0.1, 0.15) is 29.3 Å². The van der Waals surface area contributed by atoms with E-state index in [0.29, 0.717) is 23.7 Å². The number of anilines is 1. The third-order valence-electron chi connectivity index (χ3n) is 6.77. The Morgan fingerprint density at radius 2 is 1.71 bits per heavy atom. The molecule has 1 aliphatic carbocycles. The molecule has 6 nitrogen and oxygen atoms in total. The number of carbonyl (C=O) groups is 2. The second kappa shape index (κ2) is 12.7. The Bertz CT molecular complexity index is 1260. The highest BCUT2D eigenvalue weighted by molar-refractivity contribution is 5.96. The standard InChI is InChI=1S/C29H32F3N3O3/c1-18(17-33-24-16-22(31)10-11-23(24)32)34-28(36)25(14-19-6-3-2-4-7-19)35-29(37)27-13-12-26(38-27)20-8-5-9-21(30)15-20/h5,8-13,15-16,18-19,25,33H,2-4,6-7,14,17H2,1H3,(H,34,36)(H,35,37)/t18-,25?/m0/s1. The zero-order valence-corrected chi connectivity index (χ0v) is 21.2. The second-order valence-corrected chi connectivity index (χ2v) is 9.85. The van der Waals surface area contributed by atoms with Crippen LogP contribution in [0.4, 0.5) is 18.9 Å². The Morgan fingerprint density at radius 3 is 2.47 bits per heavy atom. The highest BCUT2D eigenvalue weighted by Crippen LogP contribution is 2.28. The van der Waals surface area contributed by atoms with Crippen LogP contribution in [0, 0.1) is 23.4 Å². The third-order valence-corrected chi connectivity index (χ3v) is 6.77. The van der Waals surface area contributed by atoms with Crippen molar-refractivity contribution in [3.8, 4) is 11.3 Å². The molecule has 1 unspecified atom stereocenters. The fourth-order valence-electron chi connectivity index (χ4n) is 4.76. The largest absolute Gasteiger partial charge is 0.451 e. The van der Waals surface area contributed by atoms with Gasteiger partial charge in [0.05, 0.1) is 5.69 Å². The third kappa shape index (κ3) is 7.40. The molecule has 1 aromatic heterocycles. The van der Waals surface area contributed by atoms with Crippen LogP contribution in [0.1, 0.15) is 56.0 Å². The van der Waals surface area contributed by atoms with Gasteiger partial charge in [-0.2, -0.15) is 0 Å². The van der Waals surface area contributed by atoms with Gasteiger partial charge in [-0.15, -0.1) is 0 Å². The number of benzene rings is 2. The van der Waals surface area contributed by atoms with E-state index in [4.69, 9.17) is 4.42 Å². The van der Waals surface area contributed by atoms with Crippen LogP contribution >= 0.6 is 0 Å². The van der Waals surface area contributed by atoms with E-state index in [0.717, 1.165) is 50.3 Å². The molecule has 2 aromatic carbocycles. The van der Waals surface area contributed by atoms with Crippen LogP contribution in [-0.2, 0) is 4.79 Å². The summed E-state index contributed by atoms with van der Waals surface area (Å²) in [5.74, 6) is -1.84. The van der Waals surface area contributed by atoms with Crippen molar-refractivity contribution in [2.75, 3.05) is 11.9 Å². The minimum absolute atomic E-state index is 0.00470. The number of rotatable bonds is 10. The molecule has 1 aliphatic rings. The smallest absolute Gasteiger partial charge is 0.287 e. The monoisotopic (exact) mass is 527 g/mol. The van der Waals surface area contributed by atoms with Gasteiger partial charge in [-0.25, -0.2) is 13.2 Å². The molecule has 38 heavy (non-hydrogen) atoms. The first-order chi connectivity index (χ1) is 18.3. The van der Waals surface area contributed by atoms with Gasteiger partial charge >= 0.3 is 0 Å². The first-order valence-electron chi connectivity index (χ1n) is 12.9. The van der Waals surface area contributed by atoms with E-state index < -0.39 is 35.4 Å². The molecule has 1 saturated carbocycles. The minimum Gasteiger partial charge on any atom is -0.451 e. The number of furan rings is 1. The van der Waals surface area contributed by atoms with Crippen LogP contribution in [0.3, 0.4) is 0 Å². The van der Waals surface area contributed by atoms with Gasteiger partial charge in [-0.05, 0) is 61.7 Å². The second-order valence-electron chi connectivity index (χ2n) is 9.85. The predicted octanol–water partition coefficient (Wildman–Crippen LogP) is 6.05. The fourth-order valence-corrected chi connectivity index (χ4v) is 4.76. The molecular weight excluding hydrogens is 495 g/mol. The SMILES string of the molecule is C[C@@H](CNc1cc(F)ccc1F)NC(=O)C(CC1CCCCC1)NC(=O)c1ccc(-c2cccc(F)c2)o1. The Kier molecular flexibility index (Phi) is 9.10.